The van der Waals surface area contributed by atoms with Gasteiger partial charge in [0.2, 0.25) is 5.91 Å². The Kier molecular flexibility index (Phi) is 7.97. The van der Waals surface area contributed by atoms with Crippen LogP contribution in [0.4, 0.5) is 5.69 Å². The number of hydrogen-bond acceptors (Lipinski definition) is 5. The lowest BCUT2D eigenvalue weighted by Crippen LogP contribution is -2.20. The van der Waals surface area contributed by atoms with Crippen molar-refractivity contribution in [2.75, 3.05) is 12.4 Å². The summed E-state index contributed by atoms with van der Waals surface area (Å²) < 4.78 is 5.40. The summed E-state index contributed by atoms with van der Waals surface area (Å²) in [4.78, 5) is 32.7. The van der Waals surface area contributed by atoms with Crippen LogP contribution in [-0.4, -0.2) is 23.0 Å². The molecule has 0 atom stereocenters. The predicted octanol–water partition coefficient (Wildman–Crippen LogP) is 5.25. The van der Waals surface area contributed by atoms with Crippen LogP contribution in [0.3, 0.4) is 0 Å². The quantitative estimate of drug-likeness (QED) is 0.351. The molecule has 0 unspecified atom stereocenters. The van der Waals surface area contributed by atoms with Gasteiger partial charge in [-0.15, -0.1) is 0 Å². The molecule has 0 aliphatic heterocycles. The predicted molar refractivity (Wildman–Crippen MR) is 134 cm³/mol. The van der Waals surface area contributed by atoms with E-state index in [1.807, 2.05) is 55.5 Å². The fourth-order valence-electron chi connectivity index (χ4n) is 3.40. The first kappa shape index (κ1) is 24.6. The molecule has 0 fully saturated rings. The summed E-state index contributed by atoms with van der Waals surface area (Å²) in [6.45, 7) is 8.16. The summed E-state index contributed by atoms with van der Waals surface area (Å²) >= 11 is 1.48. The van der Waals surface area contributed by atoms with E-state index in [2.05, 4.69) is 36.1 Å². The molecule has 0 aliphatic carbocycles. The number of nitrogens with one attached hydrogen (secondary N) is 2. The molecule has 0 spiro atoms. The summed E-state index contributed by atoms with van der Waals surface area (Å²) in [5.41, 5.74) is 3.82. The van der Waals surface area contributed by atoms with Crippen LogP contribution in [0.25, 0.3) is 0 Å². The zero-order chi connectivity index (χ0) is 24.0. The first-order valence-corrected chi connectivity index (χ1v) is 11.9. The number of carbonyl (C=O) groups excluding carboxylic acids is 1. The molecule has 0 saturated carbocycles. The van der Waals surface area contributed by atoms with Crippen molar-refractivity contribution < 1.29 is 9.53 Å². The first-order chi connectivity index (χ1) is 15.7. The van der Waals surface area contributed by atoms with E-state index < -0.39 is 0 Å². The number of aromatic amines is 1. The molecular formula is C26H31N3O3S. The Morgan fingerprint density at radius 2 is 1.88 bits per heavy atom. The Morgan fingerprint density at radius 1 is 1.15 bits per heavy atom. The average molecular weight is 466 g/mol. The Bertz CT molecular complexity index is 1170. The summed E-state index contributed by atoms with van der Waals surface area (Å²) in [5, 5.41) is 3.51. The number of hydrogen-bond donors (Lipinski definition) is 2. The maximum atomic E-state index is 12.7. The standard InChI is InChI=1S/C26H31N3O3S/c1-17-20(24(31)29-25(27-17)33-16-18-9-7-6-8-10-18)12-14-23(30)28-21-15-19(26(2,3)4)11-13-22(21)32-5/h6-11,13,15H,12,14,16H2,1-5H3,(H,28,30)(H,27,29,31). The number of thioether (sulfide) groups is 1. The topological polar surface area (TPSA) is 84.1 Å². The molecule has 2 aromatic carbocycles. The van der Waals surface area contributed by atoms with Crippen LogP contribution in [0, 0.1) is 6.92 Å². The molecule has 1 amide bonds. The fraction of sp³-hybridized carbons (Fsp3) is 0.346. The summed E-state index contributed by atoms with van der Waals surface area (Å²) in [7, 11) is 1.58. The molecule has 0 saturated heterocycles. The molecule has 1 heterocycles. The highest BCUT2D eigenvalue weighted by Crippen LogP contribution is 2.31. The highest BCUT2D eigenvalue weighted by atomic mass is 32.2. The molecule has 1 aromatic heterocycles. The monoisotopic (exact) mass is 465 g/mol. The summed E-state index contributed by atoms with van der Waals surface area (Å²) in [6.07, 6.45) is 0.482. The van der Waals surface area contributed by atoms with Crippen LogP contribution in [0.2, 0.25) is 0 Å². The minimum absolute atomic E-state index is 0.0535. The number of anilines is 1. The van der Waals surface area contributed by atoms with E-state index in [-0.39, 0.29) is 23.3 Å². The van der Waals surface area contributed by atoms with Gasteiger partial charge in [0.05, 0.1) is 12.8 Å². The highest BCUT2D eigenvalue weighted by molar-refractivity contribution is 7.98. The van der Waals surface area contributed by atoms with E-state index in [1.54, 1.807) is 7.11 Å². The van der Waals surface area contributed by atoms with Crippen LogP contribution in [0.15, 0.2) is 58.5 Å². The van der Waals surface area contributed by atoms with E-state index >= 15 is 0 Å². The second kappa shape index (κ2) is 10.7. The normalized spacial score (nSPS) is 11.3. The Balaban J connectivity index is 1.65. The van der Waals surface area contributed by atoms with Gasteiger partial charge in [0.25, 0.3) is 5.56 Å². The van der Waals surface area contributed by atoms with Crippen LogP contribution in [0.1, 0.15) is 49.6 Å². The lowest BCUT2D eigenvalue weighted by atomic mass is 9.87. The molecule has 33 heavy (non-hydrogen) atoms. The second-order valence-electron chi connectivity index (χ2n) is 8.92. The Labute approximate surface area is 199 Å². The maximum Gasteiger partial charge on any atom is 0.254 e. The molecule has 0 radical (unpaired) electrons. The highest BCUT2D eigenvalue weighted by Gasteiger charge is 2.17. The number of rotatable bonds is 8. The third-order valence-electron chi connectivity index (χ3n) is 5.36. The van der Waals surface area contributed by atoms with Crippen molar-refractivity contribution in [3.8, 4) is 5.75 Å². The molecule has 3 rings (SSSR count). The second-order valence-corrected chi connectivity index (χ2v) is 9.89. The number of H-pyrrole nitrogens is 1. The van der Waals surface area contributed by atoms with Crippen molar-refractivity contribution >= 4 is 23.4 Å². The van der Waals surface area contributed by atoms with Crippen molar-refractivity contribution in [2.45, 2.75) is 56.9 Å². The maximum absolute atomic E-state index is 12.7. The zero-order valence-corrected chi connectivity index (χ0v) is 20.6. The molecule has 3 aromatic rings. The van der Waals surface area contributed by atoms with Crippen molar-refractivity contribution in [3.05, 3.63) is 81.3 Å². The number of ether oxygens (including phenoxy) is 1. The van der Waals surface area contributed by atoms with Crippen LogP contribution < -0.4 is 15.6 Å². The van der Waals surface area contributed by atoms with E-state index in [0.29, 0.717) is 34.3 Å². The third-order valence-corrected chi connectivity index (χ3v) is 6.31. The van der Waals surface area contributed by atoms with Gasteiger partial charge < -0.3 is 15.0 Å². The van der Waals surface area contributed by atoms with E-state index in [1.165, 1.54) is 11.8 Å². The van der Waals surface area contributed by atoms with Gasteiger partial charge in [0.15, 0.2) is 5.16 Å². The third kappa shape index (κ3) is 6.71. The average Bonchev–Trinajstić information content (AvgIpc) is 2.77. The fourth-order valence-corrected chi connectivity index (χ4v) is 4.26. The Hall–Kier alpha value is -3.06. The van der Waals surface area contributed by atoms with Gasteiger partial charge in [-0.3, -0.25) is 9.59 Å². The summed E-state index contributed by atoms with van der Waals surface area (Å²) in [5.74, 6) is 1.15. The lowest BCUT2D eigenvalue weighted by Gasteiger charge is -2.21. The largest absolute Gasteiger partial charge is 0.495 e. The number of benzene rings is 2. The van der Waals surface area contributed by atoms with Gasteiger partial charge in [-0.05, 0) is 42.0 Å². The number of aromatic nitrogens is 2. The van der Waals surface area contributed by atoms with Crippen LogP contribution in [-0.2, 0) is 22.4 Å². The van der Waals surface area contributed by atoms with Crippen molar-refractivity contribution in [1.29, 1.82) is 0 Å². The van der Waals surface area contributed by atoms with Crippen molar-refractivity contribution in [1.82, 2.24) is 9.97 Å². The van der Waals surface area contributed by atoms with Crippen LogP contribution in [0.5, 0.6) is 5.75 Å². The van der Waals surface area contributed by atoms with Gasteiger partial charge >= 0.3 is 0 Å². The SMILES string of the molecule is COc1ccc(C(C)(C)C)cc1NC(=O)CCc1c(C)nc(SCc2ccccc2)[nH]c1=O. The van der Waals surface area contributed by atoms with Crippen molar-refractivity contribution in [3.63, 3.8) is 0 Å². The molecule has 0 bridgehead atoms. The molecule has 2 N–H and O–H groups in total. The number of aryl methyl sites for hydroxylation is 1. The van der Waals surface area contributed by atoms with E-state index in [9.17, 15) is 9.59 Å². The molecule has 7 heteroatoms. The number of nitrogens with zero attached hydrogens (tertiary/aromatic N) is 1. The lowest BCUT2D eigenvalue weighted by molar-refractivity contribution is -0.116. The summed E-state index contributed by atoms with van der Waals surface area (Å²) in [6, 6.07) is 15.8. The molecule has 6 nitrogen and oxygen atoms in total. The van der Waals surface area contributed by atoms with Gasteiger partial charge in [0, 0.05) is 23.4 Å². The minimum atomic E-state index is -0.196. The van der Waals surface area contributed by atoms with Gasteiger partial charge in [-0.2, -0.15) is 0 Å². The molecule has 0 aliphatic rings. The smallest absolute Gasteiger partial charge is 0.254 e. The molecular weight excluding hydrogens is 434 g/mol. The van der Waals surface area contributed by atoms with E-state index in [4.69, 9.17) is 4.74 Å². The van der Waals surface area contributed by atoms with Gasteiger partial charge in [-0.1, -0.05) is 68.9 Å². The number of amides is 1. The van der Waals surface area contributed by atoms with Crippen molar-refractivity contribution in [2.24, 2.45) is 0 Å². The first-order valence-electron chi connectivity index (χ1n) is 10.9. The number of methoxy groups -OCH3 is 1. The Morgan fingerprint density at radius 3 is 2.52 bits per heavy atom. The minimum Gasteiger partial charge on any atom is -0.495 e. The van der Waals surface area contributed by atoms with Gasteiger partial charge in [0.1, 0.15) is 5.75 Å². The number of carbonyl (C=O) groups is 1. The van der Waals surface area contributed by atoms with Crippen LogP contribution >= 0.6 is 11.8 Å². The zero-order valence-electron chi connectivity index (χ0n) is 19.8. The van der Waals surface area contributed by atoms with E-state index in [0.717, 1.165) is 16.9 Å². The van der Waals surface area contributed by atoms with Gasteiger partial charge in [-0.25, -0.2) is 4.98 Å². The molecule has 174 valence electrons.